The van der Waals surface area contributed by atoms with Crippen LogP contribution in [0.4, 0.5) is 11.4 Å². The predicted molar refractivity (Wildman–Crippen MR) is 99.8 cm³/mol. The molecule has 26 heavy (non-hydrogen) atoms. The van der Waals surface area contributed by atoms with Crippen molar-refractivity contribution in [3.05, 3.63) is 48.0 Å². The van der Waals surface area contributed by atoms with Crippen molar-refractivity contribution in [2.24, 2.45) is 5.92 Å². The van der Waals surface area contributed by atoms with Crippen LogP contribution < -0.4 is 19.7 Å². The summed E-state index contributed by atoms with van der Waals surface area (Å²) in [6.07, 6.45) is 0.187. The first-order chi connectivity index (χ1) is 12.5. The molecule has 0 aliphatic carbocycles. The Morgan fingerprint density at radius 3 is 2.50 bits per heavy atom. The van der Waals surface area contributed by atoms with Gasteiger partial charge in [0.05, 0.1) is 25.8 Å². The van der Waals surface area contributed by atoms with Crippen molar-refractivity contribution in [3.8, 4) is 11.5 Å². The third-order valence-corrected chi connectivity index (χ3v) is 4.51. The lowest BCUT2D eigenvalue weighted by Crippen LogP contribution is -2.28. The van der Waals surface area contributed by atoms with Gasteiger partial charge in [0.1, 0.15) is 11.5 Å². The Bertz CT molecular complexity index is 817. The van der Waals surface area contributed by atoms with E-state index in [2.05, 4.69) is 5.32 Å². The van der Waals surface area contributed by atoms with E-state index in [1.54, 1.807) is 30.2 Å². The highest BCUT2D eigenvalue weighted by molar-refractivity contribution is 6.04. The lowest BCUT2D eigenvalue weighted by molar-refractivity contribution is -0.122. The first kappa shape index (κ1) is 17.8. The van der Waals surface area contributed by atoms with Gasteiger partial charge in [-0.2, -0.15) is 0 Å². The molecule has 0 aromatic heterocycles. The number of carbonyl (C=O) groups excluding carboxylic acids is 2. The second-order valence-corrected chi connectivity index (χ2v) is 6.30. The van der Waals surface area contributed by atoms with Gasteiger partial charge >= 0.3 is 0 Å². The van der Waals surface area contributed by atoms with Crippen LogP contribution in [0, 0.1) is 12.8 Å². The minimum absolute atomic E-state index is 0.0494. The molecule has 3 rings (SSSR count). The summed E-state index contributed by atoms with van der Waals surface area (Å²) in [5.41, 5.74) is 2.47. The van der Waals surface area contributed by atoms with Crippen LogP contribution in [0.5, 0.6) is 11.5 Å². The second kappa shape index (κ2) is 7.47. The van der Waals surface area contributed by atoms with Crippen LogP contribution in [0.2, 0.25) is 0 Å². The number of hydrogen-bond donors (Lipinski definition) is 1. The summed E-state index contributed by atoms with van der Waals surface area (Å²) in [7, 11) is 3.10. The molecule has 2 aromatic carbocycles. The third kappa shape index (κ3) is 3.64. The number of nitrogens with zero attached hydrogens (tertiary/aromatic N) is 1. The number of carbonyl (C=O) groups is 2. The Labute approximate surface area is 152 Å². The zero-order chi connectivity index (χ0) is 18.7. The Kier molecular flexibility index (Phi) is 5.11. The number of anilines is 2. The van der Waals surface area contributed by atoms with Crippen molar-refractivity contribution in [2.75, 3.05) is 31.0 Å². The average molecular weight is 354 g/mol. The van der Waals surface area contributed by atoms with Gasteiger partial charge in [0, 0.05) is 24.7 Å². The summed E-state index contributed by atoms with van der Waals surface area (Å²) in [6, 6.07) is 12.9. The smallest absolute Gasteiger partial charge is 0.229 e. The van der Waals surface area contributed by atoms with Crippen LogP contribution in [0.3, 0.4) is 0 Å². The molecule has 1 heterocycles. The third-order valence-electron chi connectivity index (χ3n) is 4.51. The molecule has 1 aliphatic rings. The SMILES string of the molecule is COc1ccc(OC)c(NC(=O)C2CC(=O)N(c3ccc(C)cc3)C2)c1. The summed E-state index contributed by atoms with van der Waals surface area (Å²) < 4.78 is 10.5. The van der Waals surface area contributed by atoms with E-state index in [1.165, 1.54) is 7.11 Å². The van der Waals surface area contributed by atoms with Crippen LogP contribution >= 0.6 is 0 Å². The minimum atomic E-state index is -0.417. The maximum Gasteiger partial charge on any atom is 0.229 e. The zero-order valence-electron chi connectivity index (χ0n) is 15.1. The van der Waals surface area contributed by atoms with E-state index < -0.39 is 5.92 Å². The summed E-state index contributed by atoms with van der Waals surface area (Å²) >= 11 is 0. The zero-order valence-corrected chi connectivity index (χ0v) is 15.1. The highest BCUT2D eigenvalue weighted by atomic mass is 16.5. The van der Waals surface area contributed by atoms with Crippen molar-refractivity contribution in [2.45, 2.75) is 13.3 Å². The number of nitrogens with one attached hydrogen (secondary N) is 1. The van der Waals surface area contributed by atoms with E-state index in [-0.39, 0.29) is 18.2 Å². The van der Waals surface area contributed by atoms with E-state index in [0.717, 1.165) is 11.3 Å². The Hall–Kier alpha value is -3.02. The topological polar surface area (TPSA) is 67.9 Å². The molecule has 2 aromatic rings. The summed E-state index contributed by atoms with van der Waals surface area (Å²) in [6.45, 7) is 2.35. The average Bonchev–Trinajstić information content (AvgIpc) is 3.04. The number of methoxy groups -OCH3 is 2. The van der Waals surface area contributed by atoms with Crippen molar-refractivity contribution < 1.29 is 19.1 Å². The number of aryl methyl sites for hydroxylation is 1. The van der Waals surface area contributed by atoms with Crippen LogP contribution in [0.1, 0.15) is 12.0 Å². The first-order valence-corrected chi connectivity index (χ1v) is 8.41. The first-order valence-electron chi connectivity index (χ1n) is 8.41. The van der Waals surface area contributed by atoms with Crippen molar-refractivity contribution in [1.82, 2.24) is 0 Å². The molecule has 136 valence electrons. The van der Waals surface area contributed by atoms with Gasteiger partial charge in [-0.3, -0.25) is 9.59 Å². The van der Waals surface area contributed by atoms with Gasteiger partial charge in [0.25, 0.3) is 0 Å². The molecule has 1 unspecified atom stereocenters. The van der Waals surface area contributed by atoms with Gasteiger partial charge in [-0.15, -0.1) is 0 Å². The van der Waals surface area contributed by atoms with E-state index in [4.69, 9.17) is 9.47 Å². The number of amides is 2. The maximum absolute atomic E-state index is 12.7. The van der Waals surface area contributed by atoms with Gasteiger partial charge in [0.2, 0.25) is 11.8 Å². The quantitative estimate of drug-likeness (QED) is 0.896. The molecule has 6 nitrogen and oxygen atoms in total. The van der Waals surface area contributed by atoms with Crippen molar-refractivity contribution in [1.29, 1.82) is 0 Å². The lowest BCUT2D eigenvalue weighted by Gasteiger charge is -2.17. The predicted octanol–water partition coefficient (Wildman–Crippen LogP) is 3.00. The van der Waals surface area contributed by atoms with E-state index in [0.29, 0.717) is 23.7 Å². The minimum Gasteiger partial charge on any atom is -0.497 e. The molecule has 0 spiro atoms. The molecule has 1 saturated heterocycles. The van der Waals surface area contributed by atoms with E-state index in [9.17, 15) is 9.59 Å². The molecule has 0 bridgehead atoms. The van der Waals surface area contributed by atoms with Crippen molar-refractivity contribution >= 4 is 23.2 Å². The molecule has 1 atom stereocenters. The van der Waals surface area contributed by atoms with Crippen LogP contribution in [0.25, 0.3) is 0 Å². The standard InChI is InChI=1S/C20H22N2O4/c1-13-4-6-15(7-5-13)22-12-14(10-19(22)23)20(24)21-17-11-16(25-2)8-9-18(17)26-3/h4-9,11,14H,10,12H2,1-3H3,(H,21,24). The number of benzene rings is 2. The highest BCUT2D eigenvalue weighted by Crippen LogP contribution is 2.31. The summed E-state index contributed by atoms with van der Waals surface area (Å²) in [5, 5.41) is 2.86. The van der Waals surface area contributed by atoms with Crippen LogP contribution in [0.15, 0.2) is 42.5 Å². The van der Waals surface area contributed by atoms with Gasteiger partial charge in [0.15, 0.2) is 0 Å². The molecular formula is C20H22N2O4. The molecule has 2 amide bonds. The molecule has 1 aliphatic heterocycles. The Morgan fingerprint density at radius 1 is 1.12 bits per heavy atom. The maximum atomic E-state index is 12.7. The number of hydrogen-bond acceptors (Lipinski definition) is 4. The lowest BCUT2D eigenvalue weighted by atomic mass is 10.1. The summed E-state index contributed by atoms with van der Waals surface area (Å²) in [5.74, 6) is 0.481. The van der Waals surface area contributed by atoms with Gasteiger partial charge in [-0.25, -0.2) is 0 Å². The van der Waals surface area contributed by atoms with Crippen LogP contribution in [-0.2, 0) is 9.59 Å². The fourth-order valence-corrected chi connectivity index (χ4v) is 3.00. The Morgan fingerprint density at radius 2 is 1.85 bits per heavy atom. The molecule has 0 radical (unpaired) electrons. The molecule has 1 N–H and O–H groups in total. The van der Waals surface area contributed by atoms with E-state index in [1.807, 2.05) is 31.2 Å². The monoisotopic (exact) mass is 354 g/mol. The van der Waals surface area contributed by atoms with Gasteiger partial charge in [-0.05, 0) is 31.2 Å². The fourth-order valence-electron chi connectivity index (χ4n) is 3.00. The fraction of sp³-hybridized carbons (Fsp3) is 0.300. The number of rotatable bonds is 5. The van der Waals surface area contributed by atoms with Crippen molar-refractivity contribution in [3.63, 3.8) is 0 Å². The highest BCUT2D eigenvalue weighted by Gasteiger charge is 2.35. The normalized spacial score (nSPS) is 16.5. The molecule has 6 heteroatoms. The van der Waals surface area contributed by atoms with Gasteiger partial charge < -0.3 is 19.7 Å². The summed E-state index contributed by atoms with van der Waals surface area (Å²) in [4.78, 5) is 26.7. The molecular weight excluding hydrogens is 332 g/mol. The molecule has 0 saturated carbocycles. The Balaban J connectivity index is 1.73. The van der Waals surface area contributed by atoms with E-state index >= 15 is 0 Å². The number of ether oxygens (including phenoxy) is 2. The van der Waals surface area contributed by atoms with Crippen LogP contribution in [-0.4, -0.2) is 32.6 Å². The second-order valence-electron chi connectivity index (χ2n) is 6.30. The molecule has 1 fully saturated rings. The van der Waals surface area contributed by atoms with Gasteiger partial charge in [-0.1, -0.05) is 17.7 Å². The largest absolute Gasteiger partial charge is 0.497 e.